The first-order valence-corrected chi connectivity index (χ1v) is 14.5. The lowest BCUT2D eigenvalue weighted by Crippen LogP contribution is -2.54. The number of nitrogens with zero attached hydrogens (tertiary/aromatic N) is 6. The van der Waals surface area contributed by atoms with Crippen molar-refractivity contribution in [2.24, 2.45) is 10.2 Å². The second-order valence-corrected chi connectivity index (χ2v) is 11.4. The number of alkyl halides is 3. The van der Waals surface area contributed by atoms with Gasteiger partial charge in [-0.1, -0.05) is 84.9 Å². The first-order valence-electron chi connectivity index (χ1n) is 13.7. The van der Waals surface area contributed by atoms with Gasteiger partial charge in [-0.25, -0.2) is 10.0 Å². The first kappa shape index (κ1) is 29.0. The average molecular weight is 641 g/mol. The van der Waals surface area contributed by atoms with E-state index in [9.17, 15) is 33.4 Å². The molecule has 2 aliphatic heterocycles. The van der Waals surface area contributed by atoms with Gasteiger partial charge in [0.05, 0.1) is 27.3 Å². The number of fused-ring (bicyclic) bond motifs is 3. The predicted molar refractivity (Wildman–Crippen MR) is 170 cm³/mol. The minimum absolute atomic E-state index is 0.317. The summed E-state index contributed by atoms with van der Waals surface area (Å²) in [6.07, 6.45) is -4.95. The third kappa shape index (κ3) is 4.53. The highest BCUT2D eigenvalue weighted by Crippen LogP contribution is 2.58. The molecule has 5 aromatic rings. The normalized spacial score (nSPS) is 17.5. The number of benzene rings is 5. The van der Waals surface area contributed by atoms with Gasteiger partial charge in [-0.15, -0.1) is 0 Å². The molecule has 0 N–H and O–H groups in total. The van der Waals surface area contributed by atoms with E-state index in [0.29, 0.717) is 45.9 Å². The van der Waals surface area contributed by atoms with Crippen molar-refractivity contribution >= 4 is 56.0 Å². The van der Waals surface area contributed by atoms with E-state index in [1.54, 1.807) is 54.6 Å². The number of halogens is 3. The van der Waals surface area contributed by atoms with Gasteiger partial charge in [-0.2, -0.15) is 23.4 Å². The fraction of sp³-hybridized carbons (Fsp3) is 0.0625. The average Bonchev–Trinajstić information content (AvgIpc) is 3.46. The van der Waals surface area contributed by atoms with Crippen molar-refractivity contribution in [3.8, 4) is 0 Å². The zero-order chi connectivity index (χ0) is 32.2. The molecule has 0 amide bonds. The molecule has 228 valence electrons. The summed E-state index contributed by atoms with van der Waals surface area (Å²) < 4.78 is 43.7. The van der Waals surface area contributed by atoms with E-state index in [2.05, 4.69) is 5.10 Å². The van der Waals surface area contributed by atoms with E-state index in [1.165, 1.54) is 5.01 Å². The zero-order valence-corrected chi connectivity index (χ0v) is 24.1. The van der Waals surface area contributed by atoms with Crippen LogP contribution in [0.25, 0.3) is 10.8 Å². The molecule has 46 heavy (non-hydrogen) atoms. The monoisotopic (exact) mass is 640 g/mol. The van der Waals surface area contributed by atoms with Gasteiger partial charge in [0.25, 0.3) is 5.69 Å². The smallest absolute Gasteiger partial charge is 0.258 e. The van der Waals surface area contributed by atoms with Gasteiger partial charge in [-0.05, 0) is 40.7 Å². The predicted octanol–water partition coefficient (Wildman–Crippen LogP) is 8.17. The fourth-order valence-electron chi connectivity index (χ4n) is 5.68. The lowest BCUT2D eigenvalue weighted by atomic mass is 9.90. The molecule has 0 aromatic heterocycles. The Morgan fingerprint density at radius 1 is 0.717 bits per heavy atom. The van der Waals surface area contributed by atoms with Crippen molar-refractivity contribution in [1.82, 2.24) is 0 Å². The van der Waals surface area contributed by atoms with Gasteiger partial charge in [0, 0.05) is 22.8 Å². The van der Waals surface area contributed by atoms with E-state index < -0.39 is 37.4 Å². The number of thioether (sulfide) groups is 1. The Balaban J connectivity index is 1.57. The number of anilines is 2. The number of non-ortho nitro benzene ring substituents is 1. The Kier molecular flexibility index (Phi) is 6.74. The Labute approximate surface area is 262 Å². The summed E-state index contributed by atoms with van der Waals surface area (Å²) in [5.74, 6) is 0. The molecule has 0 unspecified atom stereocenters. The van der Waals surface area contributed by atoms with Crippen molar-refractivity contribution in [3.05, 3.63) is 152 Å². The van der Waals surface area contributed by atoms with Crippen LogP contribution < -0.4 is 10.0 Å². The molecule has 0 aliphatic carbocycles. The van der Waals surface area contributed by atoms with Crippen LogP contribution in [0.4, 0.5) is 35.9 Å². The molecule has 2 aliphatic rings. The second kappa shape index (κ2) is 10.7. The van der Waals surface area contributed by atoms with Crippen LogP contribution in [-0.4, -0.2) is 26.8 Å². The largest absolute Gasteiger partial charge is 0.441 e. The fourth-order valence-corrected chi connectivity index (χ4v) is 6.94. The van der Waals surface area contributed by atoms with Crippen molar-refractivity contribution in [1.29, 1.82) is 0 Å². The van der Waals surface area contributed by atoms with Crippen molar-refractivity contribution in [2.45, 2.75) is 11.2 Å². The summed E-state index contributed by atoms with van der Waals surface area (Å²) in [4.78, 5) is 20.1. The Morgan fingerprint density at radius 2 is 1.39 bits per heavy atom. The van der Waals surface area contributed by atoms with Gasteiger partial charge in [0.2, 0.25) is 10.0 Å². The summed E-state index contributed by atoms with van der Waals surface area (Å²) in [6, 6.07) is 31.3. The van der Waals surface area contributed by atoms with Crippen LogP contribution in [0.5, 0.6) is 0 Å². The first-order chi connectivity index (χ1) is 22.1. The van der Waals surface area contributed by atoms with Crippen molar-refractivity contribution in [2.75, 3.05) is 10.0 Å². The topological polar surface area (TPSA) is 117 Å². The molecule has 0 bridgehead atoms. The van der Waals surface area contributed by atoms with Crippen molar-refractivity contribution in [3.63, 3.8) is 0 Å². The number of hydrogen-bond acceptors (Lipinski definition) is 9. The molecule has 7 rings (SSSR count). The number of hydrogen-bond donors (Lipinski definition) is 0. The van der Waals surface area contributed by atoms with Gasteiger partial charge in [0.15, 0.2) is 0 Å². The Hall–Kier alpha value is -5.76. The molecule has 0 saturated heterocycles. The number of hydrazone groups is 2. The molecular formula is C32H19F3N6O4S. The Morgan fingerprint density at radius 3 is 2.13 bits per heavy atom. The quantitative estimate of drug-likeness (QED) is 0.140. The summed E-state index contributed by atoms with van der Waals surface area (Å²) in [5.41, 5.74) is 0.559. The van der Waals surface area contributed by atoms with Crippen LogP contribution in [0.15, 0.2) is 125 Å². The highest BCUT2D eigenvalue weighted by Gasteiger charge is 2.60. The lowest BCUT2D eigenvalue weighted by Gasteiger charge is -2.46. The van der Waals surface area contributed by atoms with E-state index in [0.717, 1.165) is 27.9 Å². The third-order valence-corrected chi connectivity index (χ3v) is 8.98. The maximum absolute atomic E-state index is 14.6. The van der Waals surface area contributed by atoms with Crippen LogP contribution in [0.2, 0.25) is 0 Å². The Bertz CT molecular complexity index is 2120. The van der Waals surface area contributed by atoms with Gasteiger partial charge >= 0.3 is 11.9 Å². The standard InChI is InChI=1S/C32H19F3N6O4S/c33-31(34,35)30-37-39(27-18-17-22(40(42)43)19-28(27)41(44)45)32(46-30)26-16-7-6-14-25(26)29(36-38(32)21-11-2-1-3-12-21)24-15-8-10-20-9-4-5-13-23(20)24/h1-19H/t32-/m0/s1. The minimum Gasteiger partial charge on any atom is -0.258 e. The highest BCUT2D eigenvalue weighted by molar-refractivity contribution is 8.15. The summed E-state index contributed by atoms with van der Waals surface area (Å²) in [6.45, 7) is 0. The van der Waals surface area contributed by atoms with Crippen LogP contribution in [0.1, 0.15) is 16.7 Å². The maximum Gasteiger partial charge on any atom is 0.441 e. The van der Waals surface area contributed by atoms with E-state index >= 15 is 0 Å². The molecule has 2 heterocycles. The van der Waals surface area contributed by atoms with Gasteiger partial charge in [0.1, 0.15) is 5.69 Å². The highest BCUT2D eigenvalue weighted by atomic mass is 32.2. The molecule has 1 atom stereocenters. The minimum atomic E-state index is -4.95. The van der Waals surface area contributed by atoms with E-state index in [4.69, 9.17) is 5.10 Å². The van der Waals surface area contributed by atoms with Gasteiger partial charge in [-0.3, -0.25) is 20.2 Å². The molecular weight excluding hydrogens is 621 g/mol. The van der Waals surface area contributed by atoms with Crippen LogP contribution in [0, 0.1) is 20.2 Å². The molecule has 10 nitrogen and oxygen atoms in total. The summed E-state index contributed by atoms with van der Waals surface area (Å²) >= 11 is 0.335. The SMILES string of the molecule is O=[N+]([O-])c1ccc(N2N=C(C(F)(F)F)S[C@]23c2ccccc2C(c2cccc4ccccc24)=NN3c2ccccc2)c([N+](=O)[O-])c1. The van der Waals surface area contributed by atoms with E-state index in [-0.39, 0.29) is 5.69 Å². The molecule has 0 radical (unpaired) electrons. The van der Waals surface area contributed by atoms with E-state index in [1.807, 2.05) is 42.5 Å². The molecule has 0 saturated carbocycles. The van der Waals surface area contributed by atoms with Crippen LogP contribution in [-0.2, 0) is 4.99 Å². The number of rotatable bonds is 5. The zero-order valence-electron chi connectivity index (χ0n) is 23.3. The number of nitro benzene ring substituents is 2. The van der Waals surface area contributed by atoms with Gasteiger partial charge < -0.3 is 0 Å². The second-order valence-electron chi connectivity index (χ2n) is 10.3. The summed E-state index contributed by atoms with van der Waals surface area (Å²) in [7, 11) is 0. The lowest BCUT2D eigenvalue weighted by molar-refractivity contribution is -0.393. The maximum atomic E-state index is 14.6. The summed E-state index contributed by atoms with van der Waals surface area (Å²) in [5, 5.41) is 35.6. The number of nitro groups is 2. The molecule has 5 aromatic carbocycles. The molecule has 14 heteroatoms. The van der Waals surface area contributed by atoms with Crippen LogP contribution in [0.3, 0.4) is 0 Å². The third-order valence-electron chi connectivity index (χ3n) is 7.62. The number of para-hydroxylation sites is 1. The molecule has 1 spiro atoms. The molecule has 0 fully saturated rings. The van der Waals surface area contributed by atoms with Crippen molar-refractivity contribution < 1.29 is 23.0 Å². The van der Waals surface area contributed by atoms with Crippen LogP contribution >= 0.6 is 11.8 Å².